The fourth-order valence-electron chi connectivity index (χ4n) is 1.59. The number of nitrogens with zero attached hydrogens (tertiary/aromatic N) is 1. The number of carboxylic acids is 1. The molecular weight excluding hydrogens is 266 g/mol. The first kappa shape index (κ1) is 13.0. The van der Waals surface area contributed by atoms with Gasteiger partial charge in [0.15, 0.2) is 5.69 Å². The number of hydrogen-bond acceptors (Lipinski definition) is 4. The highest BCUT2D eigenvalue weighted by molar-refractivity contribution is 7.19. The number of nitrogens with two attached hydrogens (primary N) is 1. The van der Waals surface area contributed by atoms with Gasteiger partial charge in [0.1, 0.15) is 10.0 Å². The van der Waals surface area contributed by atoms with E-state index in [0.717, 1.165) is 22.5 Å². The van der Waals surface area contributed by atoms with Gasteiger partial charge in [0, 0.05) is 5.56 Å². The van der Waals surface area contributed by atoms with Gasteiger partial charge in [0.2, 0.25) is 0 Å². The van der Waals surface area contributed by atoms with Crippen LogP contribution in [-0.4, -0.2) is 22.1 Å². The molecule has 2 amide bonds. The van der Waals surface area contributed by atoms with Crippen LogP contribution in [0.3, 0.4) is 0 Å². The number of aryl methyl sites for hydroxylation is 1. The topological polar surface area (TPSA) is 105 Å². The van der Waals surface area contributed by atoms with Crippen LogP contribution >= 0.6 is 11.3 Å². The van der Waals surface area contributed by atoms with Crippen molar-refractivity contribution in [3.8, 4) is 10.6 Å². The molecule has 19 heavy (non-hydrogen) atoms. The Morgan fingerprint density at radius 1 is 1.37 bits per heavy atom. The zero-order chi connectivity index (χ0) is 14.0. The number of carboxylic acid groups (broad SMARTS) is 1. The molecule has 0 aliphatic rings. The van der Waals surface area contributed by atoms with Crippen molar-refractivity contribution < 1.29 is 14.7 Å². The number of thiazole rings is 1. The number of amides is 2. The van der Waals surface area contributed by atoms with Gasteiger partial charge in [-0.1, -0.05) is 35.6 Å². The Kier molecular flexibility index (Phi) is 3.48. The number of anilines is 1. The van der Waals surface area contributed by atoms with Crippen molar-refractivity contribution in [1.29, 1.82) is 0 Å². The molecule has 0 unspecified atom stereocenters. The summed E-state index contributed by atoms with van der Waals surface area (Å²) in [6, 6.07) is 6.65. The minimum Gasteiger partial charge on any atom is -0.476 e. The molecule has 98 valence electrons. The maximum absolute atomic E-state index is 11.1. The molecule has 4 N–H and O–H groups in total. The number of aromatic carboxylic acids is 1. The number of urea groups is 1. The molecule has 0 bridgehead atoms. The number of benzene rings is 1. The molecule has 0 saturated heterocycles. The van der Waals surface area contributed by atoms with E-state index in [-0.39, 0.29) is 10.7 Å². The molecule has 0 atom stereocenters. The third kappa shape index (κ3) is 2.71. The summed E-state index contributed by atoms with van der Waals surface area (Å²) >= 11 is 1.08. The molecule has 1 aromatic heterocycles. The highest BCUT2D eigenvalue weighted by Gasteiger charge is 2.19. The van der Waals surface area contributed by atoms with E-state index in [0.29, 0.717) is 5.01 Å². The van der Waals surface area contributed by atoms with Crippen molar-refractivity contribution in [2.45, 2.75) is 6.92 Å². The summed E-state index contributed by atoms with van der Waals surface area (Å²) in [6.07, 6.45) is 0. The summed E-state index contributed by atoms with van der Waals surface area (Å²) in [6.45, 7) is 1.90. The van der Waals surface area contributed by atoms with Gasteiger partial charge in [-0.3, -0.25) is 5.32 Å². The van der Waals surface area contributed by atoms with Gasteiger partial charge < -0.3 is 10.8 Å². The lowest BCUT2D eigenvalue weighted by molar-refractivity contribution is 0.0692. The van der Waals surface area contributed by atoms with Gasteiger partial charge in [-0.25, -0.2) is 14.6 Å². The zero-order valence-corrected chi connectivity index (χ0v) is 10.8. The van der Waals surface area contributed by atoms with Crippen molar-refractivity contribution in [2.75, 3.05) is 5.32 Å². The molecule has 0 aliphatic carbocycles. The lowest BCUT2D eigenvalue weighted by atomic mass is 10.1. The van der Waals surface area contributed by atoms with E-state index >= 15 is 0 Å². The summed E-state index contributed by atoms with van der Waals surface area (Å²) in [5, 5.41) is 12.0. The van der Waals surface area contributed by atoms with E-state index < -0.39 is 12.0 Å². The van der Waals surface area contributed by atoms with Gasteiger partial charge in [0.25, 0.3) is 0 Å². The van der Waals surface area contributed by atoms with Gasteiger partial charge in [-0.05, 0) is 12.5 Å². The average molecular weight is 277 g/mol. The van der Waals surface area contributed by atoms with Gasteiger partial charge in [0.05, 0.1) is 0 Å². The number of rotatable bonds is 3. The maximum atomic E-state index is 11.1. The first-order chi connectivity index (χ1) is 8.99. The van der Waals surface area contributed by atoms with Crippen LogP contribution in [-0.2, 0) is 0 Å². The summed E-state index contributed by atoms with van der Waals surface area (Å²) < 4.78 is 0. The van der Waals surface area contributed by atoms with Crippen LogP contribution in [0.5, 0.6) is 0 Å². The third-order valence-corrected chi connectivity index (χ3v) is 3.45. The van der Waals surface area contributed by atoms with E-state index in [4.69, 9.17) is 10.8 Å². The number of nitrogens with one attached hydrogen (secondary N) is 1. The summed E-state index contributed by atoms with van der Waals surface area (Å²) in [5.41, 5.74) is 6.60. The van der Waals surface area contributed by atoms with Crippen LogP contribution in [0.4, 0.5) is 9.80 Å². The van der Waals surface area contributed by atoms with Crippen molar-refractivity contribution in [1.82, 2.24) is 4.98 Å². The summed E-state index contributed by atoms with van der Waals surface area (Å²) in [7, 11) is 0. The Morgan fingerprint density at radius 3 is 2.63 bits per heavy atom. The van der Waals surface area contributed by atoms with E-state index in [9.17, 15) is 9.59 Å². The van der Waals surface area contributed by atoms with Crippen LogP contribution < -0.4 is 11.1 Å². The number of hydrogen-bond donors (Lipinski definition) is 3. The number of carbonyl (C=O) groups excluding carboxylic acids is 1. The van der Waals surface area contributed by atoms with Crippen molar-refractivity contribution >= 4 is 28.3 Å². The minimum absolute atomic E-state index is 0.137. The molecule has 0 radical (unpaired) electrons. The fraction of sp³-hybridized carbons (Fsp3) is 0.0833. The first-order valence-electron chi connectivity index (χ1n) is 5.35. The Bertz CT molecular complexity index is 651. The van der Waals surface area contributed by atoms with Crippen molar-refractivity contribution in [3.63, 3.8) is 0 Å². The number of carbonyl (C=O) groups is 2. The Hall–Kier alpha value is -2.41. The molecule has 2 aromatic rings. The molecule has 0 aliphatic heterocycles. The van der Waals surface area contributed by atoms with E-state index in [2.05, 4.69) is 10.3 Å². The molecule has 1 heterocycles. The SMILES string of the molecule is Cc1ccccc1-c1nc(C(=O)O)c(NC(N)=O)s1. The maximum Gasteiger partial charge on any atom is 0.357 e. The Labute approximate surface area is 112 Å². The van der Waals surface area contributed by atoms with Crippen LogP contribution in [0, 0.1) is 6.92 Å². The molecule has 0 spiro atoms. The second kappa shape index (κ2) is 5.07. The van der Waals surface area contributed by atoms with E-state index in [1.807, 2.05) is 31.2 Å². The van der Waals surface area contributed by atoms with Gasteiger partial charge in [-0.15, -0.1) is 0 Å². The predicted molar refractivity (Wildman–Crippen MR) is 72.5 cm³/mol. The molecule has 6 nitrogen and oxygen atoms in total. The van der Waals surface area contributed by atoms with E-state index in [1.54, 1.807) is 0 Å². The standard InChI is InChI=1S/C12H11N3O3S/c1-6-4-2-3-5-7(6)9-14-8(11(16)17)10(19-9)15-12(13)18/h2-5H,1H3,(H,16,17)(H3,13,15,18). The quantitative estimate of drug-likeness (QED) is 0.800. The van der Waals surface area contributed by atoms with Crippen LogP contribution in [0.15, 0.2) is 24.3 Å². The van der Waals surface area contributed by atoms with Gasteiger partial charge >= 0.3 is 12.0 Å². The zero-order valence-electron chi connectivity index (χ0n) is 10.0. The van der Waals surface area contributed by atoms with Crippen molar-refractivity contribution in [3.05, 3.63) is 35.5 Å². The lowest BCUT2D eigenvalue weighted by Gasteiger charge is -1.99. The number of aromatic nitrogens is 1. The highest BCUT2D eigenvalue weighted by Crippen LogP contribution is 2.33. The molecule has 7 heteroatoms. The number of primary amides is 1. The third-order valence-electron chi connectivity index (χ3n) is 2.44. The monoisotopic (exact) mass is 277 g/mol. The molecular formula is C12H11N3O3S. The Morgan fingerprint density at radius 2 is 2.05 bits per heavy atom. The predicted octanol–water partition coefficient (Wildman–Crippen LogP) is 2.31. The van der Waals surface area contributed by atoms with Crippen molar-refractivity contribution in [2.24, 2.45) is 5.73 Å². The molecule has 2 rings (SSSR count). The average Bonchev–Trinajstić information content (AvgIpc) is 2.72. The second-order valence-corrected chi connectivity index (χ2v) is 4.81. The highest BCUT2D eigenvalue weighted by atomic mass is 32.1. The largest absolute Gasteiger partial charge is 0.476 e. The van der Waals surface area contributed by atoms with E-state index in [1.165, 1.54) is 0 Å². The first-order valence-corrected chi connectivity index (χ1v) is 6.17. The second-order valence-electron chi connectivity index (χ2n) is 3.81. The van der Waals surface area contributed by atoms with Crippen LogP contribution in [0.2, 0.25) is 0 Å². The summed E-state index contributed by atoms with van der Waals surface area (Å²) in [5.74, 6) is -1.21. The normalized spacial score (nSPS) is 10.2. The molecule has 1 aromatic carbocycles. The van der Waals surface area contributed by atoms with Crippen LogP contribution in [0.25, 0.3) is 10.6 Å². The molecule has 0 saturated carbocycles. The van der Waals surface area contributed by atoms with Crippen LogP contribution in [0.1, 0.15) is 16.1 Å². The van der Waals surface area contributed by atoms with Gasteiger partial charge in [-0.2, -0.15) is 0 Å². The molecule has 0 fully saturated rings. The smallest absolute Gasteiger partial charge is 0.357 e. The lowest BCUT2D eigenvalue weighted by Crippen LogP contribution is -2.20. The Balaban J connectivity index is 2.52. The summed E-state index contributed by atoms with van der Waals surface area (Å²) in [4.78, 5) is 26.0. The minimum atomic E-state index is -1.21. The fourth-order valence-corrected chi connectivity index (χ4v) is 2.64.